The van der Waals surface area contributed by atoms with Crippen molar-refractivity contribution in [1.82, 2.24) is 9.97 Å². The predicted molar refractivity (Wildman–Crippen MR) is 76.5 cm³/mol. The summed E-state index contributed by atoms with van der Waals surface area (Å²) >= 11 is 0. The molecule has 6 heteroatoms. The fourth-order valence-electron chi connectivity index (χ4n) is 2.48. The van der Waals surface area contributed by atoms with E-state index in [0.29, 0.717) is 11.9 Å². The highest BCUT2D eigenvalue weighted by Gasteiger charge is 2.25. The minimum Gasteiger partial charge on any atom is -0.481 e. The highest BCUT2D eigenvalue weighted by atomic mass is 16.4. The van der Waals surface area contributed by atoms with Crippen LogP contribution in [0.1, 0.15) is 38.3 Å². The Labute approximate surface area is 116 Å². The van der Waals surface area contributed by atoms with Crippen LogP contribution in [0.25, 0.3) is 11.0 Å². The molecule has 0 fully saturated rings. The number of rotatable bonds is 5. The topological polar surface area (TPSA) is 112 Å². The van der Waals surface area contributed by atoms with Crippen LogP contribution in [0.2, 0.25) is 0 Å². The van der Waals surface area contributed by atoms with Gasteiger partial charge in [-0.05, 0) is 29.5 Å². The van der Waals surface area contributed by atoms with Crippen LogP contribution in [0.4, 0.5) is 0 Å². The summed E-state index contributed by atoms with van der Waals surface area (Å²) in [4.78, 5) is 27.4. The maximum atomic E-state index is 11.2. The standard InChI is InChI=1S/C14H19N3O3/c1-14(2,7-12(18)19)6-9(15)8-3-4-10-11(5-8)17-13(20)16-10/h3-5,9H,6-7,15H2,1-2H3,(H,18,19)(H2,16,17,20). The largest absolute Gasteiger partial charge is 0.481 e. The Bertz CT molecular complexity index is 684. The molecule has 0 radical (unpaired) electrons. The van der Waals surface area contributed by atoms with E-state index >= 15 is 0 Å². The summed E-state index contributed by atoms with van der Waals surface area (Å²) in [5, 5.41) is 8.89. The fourth-order valence-corrected chi connectivity index (χ4v) is 2.48. The molecule has 0 aliphatic carbocycles. The van der Waals surface area contributed by atoms with Crippen molar-refractivity contribution in [3.8, 4) is 0 Å². The highest BCUT2D eigenvalue weighted by Crippen LogP contribution is 2.32. The zero-order valence-electron chi connectivity index (χ0n) is 11.6. The van der Waals surface area contributed by atoms with Gasteiger partial charge >= 0.3 is 11.7 Å². The molecule has 2 rings (SSSR count). The second-order valence-corrected chi connectivity index (χ2v) is 5.93. The van der Waals surface area contributed by atoms with Crippen molar-refractivity contribution in [1.29, 1.82) is 0 Å². The molecule has 0 aliphatic heterocycles. The lowest BCUT2D eigenvalue weighted by atomic mass is 9.81. The number of aromatic amines is 2. The number of imidazole rings is 1. The van der Waals surface area contributed by atoms with Gasteiger partial charge < -0.3 is 20.8 Å². The van der Waals surface area contributed by atoms with Crippen molar-refractivity contribution >= 4 is 17.0 Å². The number of nitrogens with one attached hydrogen (secondary N) is 2. The first-order chi connectivity index (χ1) is 9.27. The molecular formula is C14H19N3O3. The summed E-state index contributed by atoms with van der Waals surface area (Å²) in [6.07, 6.45) is 0.628. The van der Waals surface area contributed by atoms with Crippen LogP contribution >= 0.6 is 0 Å². The summed E-state index contributed by atoms with van der Waals surface area (Å²) in [6.45, 7) is 3.77. The smallest absolute Gasteiger partial charge is 0.323 e. The summed E-state index contributed by atoms with van der Waals surface area (Å²) in [7, 11) is 0. The Morgan fingerprint density at radius 2 is 2.00 bits per heavy atom. The third-order valence-corrected chi connectivity index (χ3v) is 3.37. The highest BCUT2D eigenvalue weighted by molar-refractivity contribution is 5.75. The van der Waals surface area contributed by atoms with Gasteiger partial charge in [-0.15, -0.1) is 0 Å². The number of carbonyl (C=O) groups is 1. The molecule has 108 valence electrons. The lowest BCUT2D eigenvalue weighted by Gasteiger charge is -2.26. The van der Waals surface area contributed by atoms with Crippen molar-refractivity contribution < 1.29 is 9.90 Å². The molecule has 0 saturated heterocycles. The van der Waals surface area contributed by atoms with E-state index in [1.54, 1.807) is 6.07 Å². The molecule has 5 N–H and O–H groups in total. The van der Waals surface area contributed by atoms with Crippen LogP contribution in [-0.2, 0) is 4.79 Å². The van der Waals surface area contributed by atoms with Gasteiger partial charge in [-0.1, -0.05) is 19.9 Å². The monoisotopic (exact) mass is 277 g/mol. The third kappa shape index (κ3) is 3.27. The molecule has 0 saturated carbocycles. The number of aliphatic carboxylic acids is 1. The average molecular weight is 277 g/mol. The van der Waals surface area contributed by atoms with Crippen molar-refractivity contribution in [3.63, 3.8) is 0 Å². The predicted octanol–water partition coefficient (Wildman–Crippen LogP) is 1.75. The molecule has 0 aliphatic rings. The van der Waals surface area contributed by atoms with Crippen LogP contribution in [-0.4, -0.2) is 21.0 Å². The number of benzene rings is 1. The Hall–Kier alpha value is -2.08. The Kier molecular flexibility index (Phi) is 3.67. The van der Waals surface area contributed by atoms with E-state index in [9.17, 15) is 9.59 Å². The Morgan fingerprint density at radius 3 is 2.65 bits per heavy atom. The molecule has 1 unspecified atom stereocenters. The van der Waals surface area contributed by atoms with E-state index in [2.05, 4.69) is 9.97 Å². The number of nitrogens with two attached hydrogens (primary N) is 1. The number of carboxylic acids is 1. The van der Waals surface area contributed by atoms with Crippen LogP contribution < -0.4 is 11.4 Å². The molecule has 1 aromatic carbocycles. The number of aromatic nitrogens is 2. The first-order valence-electron chi connectivity index (χ1n) is 6.46. The van der Waals surface area contributed by atoms with Gasteiger partial charge in [0.05, 0.1) is 17.5 Å². The lowest BCUT2D eigenvalue weighted by molar-refractivity contribution is -0.139. The van der Waals surface area contributed by atoms with Crippen LogP contribution in [0.3, 0.4) is 0 Å². The van der Waals surface area contributed by atoms with E-state index in [4.69, 9.17) is 10.8 Å². The van der Waals surface area contributed by atoms with Crippen molar-refractivity contribution in [2.24, 2.45) is 11.1 Å². The first-order valence-corrected chi connectivity index (χ1v) is 6.46. The van der Waals surface area contributed by atoms with Gasteiger partial charge in [-0.25, -0.2) is 4.79 Å². The van der Waals surface area contributed by atoms with E-state index < -0.39 is 5.97 Å². The minimum absolute atomic E-state index is 0.0733. The second-order valence-electron chi connectivity index (χ2n) is 5.93. The SMILES string of the molecule is CC(C)(CC(=O)O)CC(N)c1ccc2[nH]c(=O)[nH]c2c1. The van der Waals surface area contributed by atoms with Gasteiger partial charge in [0.25, 0.3) is 0 Å². The summed E-state index contributed by atoms with van der Waals surface area (Å²) in [6, 6.07) is 5.21. The normalized spacial score (nSPS) is 13.6. The van der Waals surface area contributed by atoms with Crippen molar-refractivity contribution in [2.45, 2.75) is 32.7 Å². The van der Waals surface area contributed by atoms with E-state index in [1.165, 1.54) is 0 Å². The average Bonchev–Trinajstić information content (AvgIpc) is 2.64. The van der Waals surface area contributed by atoms with Gasteiger partial charge in [0.15, 0.2) is 0 Å². The van der Waals surface area contributed by atoms with Crippen LogP contribution in [0.5, 0.6) is 0 Å². The van der Waals surface area contributed by atoms with Crippen LogP contribution in [0, 0.1) is 5.41 Å². The summed E-state index contributed by atoms with van der Waals surface area (Å²) in [5.74, 6) is -0.826. The van der Waals surface area contributed by atoms with Gasteiger partial charge in [0, 0.05) is 6.04 Å². The van der Waals surface area contributed by atoms with Gasteiger partial charge in [-0.2, -0.15) is 0 Å². The molecule has 1 atom stereocenters. The molecule has 1 heterocycles. The molecule has 20 heavy (non-hydrogen) atoms. The summed E-state index contributed by atoms with van der Waals surface area (Å²) < 4.78 is 0. The second kappa shape index (κ2) is 5.13. The minimum atomic E-state index is -0.826. The van der Waals surface area contributed by atoms with Gasteiger partial charge in [-0.3, -0.25) is 4.79 Å². The zero-order valence-corrected chi connectivity index (χ0v) is 11.6. The maximum absolute atomic E-state index is 11.2. The van der Waals surface area contributed by atoms with E-state index in [1.807, 2.05) is 26.0 Å². The number of hydrogen-bond donors (Lipinski definition) is 4. The quantitative estimate of drug-likeness (QED) is 0.667. The molecule has 2 aromatic rings. The fraction of sp³-hybridized carbons (Fsp3) is 0.429. The molecule has 6 nitrogen and oxygen atoms in total. The zero-order chi connectivity index (χ0) is 14.9. The Morgan fingerprint density at radius 1 is 1.35 bits per heavy atom. The molecule has 0 bridgehead atoms. The first kappa shape index (κ1) is 14.3. The molecule has 0 amide bonds. The van der Waals surface area contributed by atoms with Crippen LogP contribution in [0.15, 0.2) is 23.0 Å². The van der Waals surface area contributed by atoms with Gasteiger partial charge in [0.1, 0.15) is 0 Å². The number of carboxylic acid groups (broad SMARTS) is 1. The van der Waals surface area contributed by atoms with Crippen molar-refractivity contribution in [2.75, 3.05) is 0 Å². The third-order valence-electron chi connectivity index (χ3n) is 3.37. The molecule has 1 aromatic heterocycles. The number of fused-ring (bicyclic) bond motifs is 1. The van der Waals surface area contributed by atoms with E-state index in [-0.39, 0.29) is 23.6 Å². The van der Waals surface area contributed by atoms with Crippen molar-refractivity contribution in [3.05, 3.63) is 34.2 Å². The summed E-state index contributed by atoms with van der Waals surface area (Å²) in [5.41, 5.74) is 7.84. The van der Waals surface area contributed by atoms with Gasteiger partial charge in [0.2, 0.25) is 0 Å². The molecule has 0 spiro atoms. The van der Waals surface area contributed by atoms with E-state index in [0.717, 1.165) is 11.1 Å². The number of H-pyrrole nitrogens is 2. The number of hydrogen-bond acceptors (Lipinski definition) is 3. The maximum Gasteiger partial charge on any atom is 0.323 e. The lowest BCUT2D eigenvalue weighted by Crippen LogP contribution is -2.24. The molecular weight excluding hydrogens is 258 g/mol. The Balaban J connectivity index is 2.20.